The van der Waals surface area contributed by atoms with Gasteiger partial charge in [0.25, 0.3) is 0 Å². The van der Waals surface area contributed by atoms with Crippen LogP contribution in [-0.2, 0) is 22.1 Å². The summed E-state index contributed by atoms with van der Waals surface area (Å²) in [6.45, 7) is 4.05. The van der Waals surface area contributed by atoms with Crippen LogP contribution in [-0.4, -0.2) is 54.0 Å². The standard InChI is InChI=1S/C13H21N3O2S/c1-18-7-4-14-10-12-2-3-13(15-11-12)16-5-8-19(17)9-6-16/h2-3,11,14H,4-10H2,1H3. The number of hydrogen-bond acceptors (Lipinski definition) is 5. The Bertz CT molecular complexity index is 401. The summed E-state index contributed by atoms with van der Waals surface area (Å²) in [4.78, 5) is 6.68. The van der Waals surface area contributed by atoms with Crippen LogP contribution >= 0.6 is 0 Å². The summed E-state index contributed by atoms with van der Waals surface area (Å²) in [7, 11) is 1.06. The molecule has 1 aromatic heterocycles. The molecule has 1 N–H and O–H groups in total. The van der Waals surface area contributed by atoms with Crippen molar-refractivity contribution >= 4 is 16.6 Å². The zero-order chi connectivity index (χ0) is 13.5. The molecule has 106 valence electrons. The van der Waals surface area contributed by atoms with Gasteiger partial charge in [0.05, 0.1) is 6.61 Å². The molecule has 1 aromatic rings. The number of anilines is 1. The molecule has 0 unspecified atom stereocenters. The zero-order valence-corrected chi connectivity index (χ0v) is 12.1. The predicted octanol–water partition coefficient (Wildman–Crippen LogP) is 0.386. The van der Waals surface area contributed by atoms with Crippen molar-refractivity contribution in [1.82, 2.24) is 10.3 Å². The molecule has 19 heavy (non-hydrogen) atoms. The molecule has 1 fully saturated rings. The Balaban J connectivity index is 1.82. The predicted molar refractivity (Wildman–Crippen MR) is 77.9 cm³/mol. The van der Waals surface area contributed by atoms with Crippen molar-refractivity contribution < 1.29 is 8.95 Å². The fourth-order valence-electron chi connectivity index (χ4n) is 1.98. The van der Waals surface area contributed by atoms with Crippen LogP contribution in [0.5, 0.6) is 0 Å². The highest BCUT2D eigenvalue weighted by molar-refractivity contribution is 7.85. The molecule has 0 radical (unpaired) electrons. The highest BCUT2D eigenvalue weighted by atomic mass is 32.2. The second-order valence-electron chi connectivity index (χ2n) is 4.53. The molecule has 0 atom stereocenters. The molecule has 0 amide bonds. The summed E-state index contributed by atoms with van der Waals surface area (Å²) >= 11 is 0. The highest BCUT2D eigenvalue weighted by Crippen LogP contribution is 2.13. The van der Waals surface area contributed by atoms with Crippen LogP contribution in [0.4, 0.5) is 5.82 Å². The van der Waals surface area contributed by atoms with E-state index >= 15 is 0 Å². The summed E-state index contributed by atoms with van der Waals surface area (Å²) in [5.41, 5.74) is 1.17. The van der Waals surface area contributed by atoms with E-state index in [9.17, 15) is 4.21 Å². The van der Waals surface area contributed by atoms with Crippen LogP contribution in [0.1, 0.15) is 5.56 Å². The number of nitrogens with one attached hydrogen (secondary N) is 1. The topological polar surface area (TPSA) is 54.5 Å². The van der Waals surface area contributed by atoms with Crippen LogP contribution in [0, 0.1) is 0 Å². The average molecular weight is 283 g/mol. The van der Waals surface area contributed by atoms with Crippen LogP contribution in [0.25, 0.3) is 0 Å². The van der Waals surface area contributed by atoms with E-state index in [1.807, 2.05) is 12.3 Å². The van der Waals surface area contributed by atoms with Gasteiger partial charge in [-0.25, -0.2) is 4.98 Å². The molecule has 2 rings (SSSR count). The quantitative estimate of drug-likeness (QED) is 0.765. The Morgan fingerprint density at radius 1 is 1.42 bits per heavy atom. The minimum Gasteiger partial charge on any atom is -0.383 e. The van der Waals surface area contributed by atoms with Gasteiger partial charge in [-0.15, -0.1) is 0 Å². The number of nitrogens with zero attached hydrogens (tertiary/aromatic N) is 2. The van der Waals surface area contributed by atoms with Crippen molar-refractivity contribution in [2.45, 2.75) is 6.54 Å². The first-order valence-electron chi connectivity index (χ1n) is 6.54. The molecule has 2 heterocycles. The zero-order valence-electron chi connectivity index (χ0n) is 11.3. The van der Waals surface area contributed by atoms with E-state index < -0.39 is 10.8 Å². The van der Waals surface area contributed by atoms with Crippen molar-refractivity contribution in [3.8, 4) is 0 Å². The number of ether oxygens (including phenoxy) is 1. The molecular weight excluding hydrogens is 262 g/mol. The molecule has 1 saturated heterocycles. The number of pyridine rings is 1. The van der Waals surface area contributed by atoms with Gasteiger partial charge >= 0.3 is 0 Å². The number of rotatable bonds is 6. The van der Waals surface area contributed by atoms with Gasteiger partial charge in [-0.3, -0.25) is 4.21 Å². The van der Waals surface area contributed by atoms with Crippen LogP contribution in [0.2, 0.25) is 0 Å². The van der Waals surface area contributed by atoms with Crippen LogP contribution in [0.3, 0.4) is 0 Å². The lowest BCUT2D eigenvalue weighted by atomic mass is 10.2. The summed E-state index contributed by atoms with van der Waals surface area (Å²) in [5.74, 6) is 2.49. The van der Waals surface area contributed by atoms with E-state index in [2.05, 4.69) is 21.3 Å². The third-order valence-corrected chi connectivity index (χ3v) is 4.40. The third kappa shape index (κ3) is 4.56. The smallest absolute Gasteiger partial charge is 0.128 e. The lowest BCUT2D eigenvalue weighted by molar-refractivity contribution is 0.199. The van der Waals surface area contributed by atoms with Crippen molar-refractivity contribution in [2.24, 2.45) is 0 Å². The average Bonchev–Trinajstić information content (AvgIpc) is 2.45. The fraction of sp³-hybridized carbons (Fsp3) is 0.615. The van der Waals surface area contributed by atoms with Gasteiger partial charge in [0.2, 0.25) is 0 Å². The highest BCUT2D eigenvalue weighted by Gasteiger charge is 2.15. The summed E-state index contributed by atoms with van der Waals surface area (Å²) < 4.78 is 16.3. The van der Waals surface area contributed by atoms with E-state index in [-0.39, 0.29) is 0 Å². The van der Waals surface area contributed by atoms with Gasteiger partial charge in [0.1, 0.15) is 5.82 Å². The van der Waals surface area contributed by atoms with E-state index in [0.717, 1.165) is 50.1 Å². The molecular formula is C13H21N3O2S. The van der Waals surface area contributed by atoms with Crippen molar-refractivity contribution in [3.63, 3.8) is 0 Å². The minimum atomic E-state index is -0.637. The molecule has 1 aliphatic heterocycles. The molecule has 5 nitrogen and oxygen atoms in total. The molecule has 6 heteroatoms. The molecule has 1 aliphatic rings. The largest absolute Gasteiger partial charge is 0.383 e. The van der Waals surface area contributed by atoms with E-state index in [0.29, 0.717) is 0 Å². The first kappa shape index (κ1) is 14.4. The molecule has 0 aromatic carbocycles. The number of hydrogen-bond donors (Lipinski definition) is 1. The maximum Gasteiger partial charge on any atom is 0.128 e. The van der Waals surface area contributed by atoms with Crippen molar-refractivity contribution in [2.75, 3.05) is 49.8 Å². The Morgan fingerprint density at radius 3 is 2.84 bits per heavy atom. The molecule has 0 aliphatic carbocycles. The maximum absolute atomic E-state index is 11.3. The maximum atomic E-state index is 11.3. The van der Waals surface area contributed by atoms with E-state index in [4.69, 9.17) is 4.74 Å². The number of aromatic nitrogens is 1. The van der Waals surface area contributed by atoms with Gasteiger partial charge < -0.3 is 15.0 Å². The lowest BCUT2D eigenvalue weighted by Gasteiger charge is -2.27. The van der Waals surface area contributed by atoms with Gasteiger partial charge in [-0.2, -0.15) is 0 Å². The first-order chi connectivity index (χ1) is 9.29. The second kappa shape index (κ2) is 7.57. The number of methoxy groups -OCH3 is 1. The lowest BCUT2D eigenvalue weighted by Crippen LogP contribution is -2.38. The van der Waals surface area contributed by atoms with E-state index in [1.54, 1.807) is 7.11 Å². The monoisotopic (exact) mass is 283 g/mol. The van der Waals surface area contributed by atoms with Crippen molar-refractivity contribution in [3.05, 3.63) is 23.9 Å². The Labute approximate surface area is 116 Å². The van der Waals surface area contributed by atoms with Gasteiger partial charge in [0, 0.05) is 61.8 Å². The summed E-state index contributed by atoms with van der Waals surface area (Å²) in [5, 5.41) is 3.29. The normalized spacial score (nSPS) is 16.8. The molecule has 0 spiro atoms. The second-order valence-corrected chi connectivity index (χ2v) is 6.23. The van der Waals surface area contributed by atoms with Crippen LogP contribution in [0.15, 0.2) is 18.3 Å². The van der Waals surface area contributed by atoms with Gasteiger partial charge in [-0.1, -0.05) is 6.07 Å². The fourth-order valence-corrected chi connectivity index (χ4v) is 3.03. The van der Waals surface area contributed by atoms with Gasteiger partial charge in [-0.05, 0) is 11.6 Å². The Hall–Kier alpha value is -0.980. The van der Waals surface area contributed by atoms with Crippen molar-refractivity contribution in [1.29, 1.82) is 0 Å². The summed E-state index contributed by atoms with van der Waals surface area (Å²) in [6, 6.07) is 4.13. The minimum absolute atomic E-state index is 0.637. The van der Waals surface area contributed by atoms with E-state index in [1.165, 1.54) is 5.56 Å². The van der Waals surface area contributed by atoms with Crippen LogP contribution < -0.4 is 10.2 Å². The van der Waals surface area contributed by atoms with Gasteiger partial charge in [0.15, 0.2) is 0 Å². The molecule has 0 bridgehead atoms. The summed E-state index contributed by atoms with van der Waals surface area (Å²) in [6.07, 6.45) is 1.90. The third-order valence-electron chi connectivity index (χ3n) is 3.12. The molecule has 0 saturated carbocycles. The first-order valence-corrected chi connectivity index (χ1v) is 8.03. The SMILES string of the molecule is COCCNCc1ccc(N2CCS(=O)CC2)nc1. The Morgan fingerprint density at radius 2 is 2.21 bits per heavy atom. The Kier molecular flexibility index (Phi) is 5.75.